The van der Waals surface area contributed by atoms with Crippen molar-refractivity contribution in [2.45, 2.75) is 19.9 Å². The fourth-order valence-corrected chi connectivity index (χ4v) is 2.89. The van der Waals surface area contributed by atoms with Gasteiger partial charge in [0.25, 0.3) is 0 Å². The van der Waals surface area contributed by atoms with Crippen LogP contribution in [0, 0.1) is 12.3 Å². The Bertz CT molecular complexity index is 389. The summed E-state index contributed by atoms with van der Waals surface area (Å²) in [5.74, 6) is 3.20. The van der Waals surface area contributed by atoms with Crippen LogP contribution in [0.15, 0.2) is 21.1 Å². The third-order valence-corrected chi connectivity index (χ3v) is 3.29. The second-order valence-corrected chi connectivity index (χ2v) is 5.27. The molecule has 1 N–H and O–H groups in total. The first-order valence-corrected chi connectivity index (χ1v) is 7.02. The van der Waals surface area contributed by atoms with Crippen LogP contribution in [0.2, 0.25) is 0 Å². The van der Waals surface area contributed by atoms with E-state index in [-0.39, 0.29) is 6.61 Å². The molecule has 0 spiro atoms. The highest BCUT2D eigenvalue weighted by atomic mass is 79.9. The zero-order valence-corrected chi connectivity index (χ0v) is 12.9. The van der Waals surface area contributed by atoms with Crippen LogP contribution in [-0.4, -0.2) is 13.2 Å². The van der Waals surface area contributed by atoms with Gasteiger partial charge in [-0.25, -0.2) is 0 Å². The van der Waals surface area contributed by atoms with Gasteiger partial charge in [0.15, 0.2) is 0 Å². The molecule has 0 heterocycles. The molecule has 0 atom stereocenters. The average molecular weight is 361 g/mol. The van der Waals surface area contributed by atoms with Gasteiger partial charge >= 0.3 is 0 Å². The predicted molar refractivity (Wildman–Crippen MR) is 78.2 cm³/mol. The first-order valence-electron chi connectivity index (χ1n) is 5.44. The normalized spacial score (nSPS) is 10.0. The highest BCUT2D eigenvalue weighted by Crippen LogP contribution is 2.34. The van der Waals surface area contributed by atoms with E-state index in [1.165, 1.54) is 5.56 Å². The molecule has 4 heteroatoms. The van der Waals surface area contributed by atoms with E-state index >= 15 is 0 Å². The van der Waals surface area contributed by atoms with Crippen LogP contribution in [0.4, 0.5) is 0 Å². The molecule has 0 aromatic heterocycles. The summed E-state index contributed by atoms with van der Waals surface area (Å²) in [5.41, 5.74) is 1.20. The fourth-order valence-electron chi connectivity index (χ4n) is 1.38. The third-order valence-electron chi connectivity index (χ3n) is 2.11. The zero-order chi connectivity index (χ0) is 12.7. The molecule has 1 aromatic rings. The quantitative estimate of drug-likeness (QED) is 0.616. The van der Waals surface area contributed by atoms with Crippen LogP contribution < -0.4 is 10.1 Å². The van der Waals surface area contributed by atoms with Crippen LogP contribution in [0.3, 0.4) is 0 Å². The van der Waals surface area contributed by atoms with Crippen molar-refractivity contribution in [3.8, 4) is 18.1 Å². The number of nitrogens with one attached hydrogen (secondary N) is 1. The van der Waals surface area contributed by atoms with Gasteiger partial charge in [0, 0.05) is 6.54 Å². The van der Waals surface area contributed by atoms with E-state index in [1.807, 2.05) is 12.1 Å². The molecule has 0 fully saturated rings. The largest absolute Gasteiger partial charge is 0.479 e. The summed E-state index contributed by atoms with van der Waals surface area (Å²) in [5, 5.41) is 3.35. The van der Waals surface area contributed by atoms with E-state index < -0.39 is 0 Å². The van der Waals surface area contributed by atoms with Gasteiger partial charge in [-0.05, 0) is 62.5 Å². The molecule has 0 amide bonds. The van der Waals surface area contributed by atoms with E-state index in [9.17, 15) is 0 Å². The highest BCUT2D eigenvalue weighted by Gasteiger charge is 2.08. The molecule has 92 valence electrons. The maximum Gasteiger partial charge on any atom is 0.149 e. The molecule has 0 aliphatic carbocycles. The van der Waals surface area contributed by atoms with E-state index in [0.717, 1.165) is 34.2 Å². The van der Waals surface area contributed by atoms with Crippen molar-refractivity contribution in [3.05, 3.63) is 26.6 Å². The molecule has 0 unspecified atom stereocenters. The summed E-state index contributed by atoms with van der Waals surface area (Å²) in [4.78, 5) is 0. The summed E-state index contributed by atoms with van der Waals surface area (Å²) >= 11 is 6.97. The Kier molecular flexibility index (Phi) is 6.64. The number of terminal acetylenes is 1. The standard InChI is InChI=1S/C13H15Br2NO/c1-3-5-16-9-10-7-11(14)13(12(15)8-10)17-6-4-2/h2,7-8,16H,3,5-6,9H2,1H3. The number of hydrogen-bond acceptors (Lipinski definition) is 2. The van der Waals surface area contributed by atoms with Crippen molar-refractivity contribution < 1.29 is 4.74 Å². The number of ether oxygens (including phenoxy) is 1. The van der Waals surface area contributed by atoms with Crippen LogP contribution in [-0.2, 0) is 6.54 Å². The molecule has 0 radical (unpaired) electrons. The summed E-state index contributed by atoms with van der Waals surface area (Å²) in [6, 6.07) is 4.08. The van der Waals surface area contributed by atoms with Gasteiger partial charge in [-0.1, -0.05) is 12.8 Å². The minimum atomic E-state index is 0.268. The topological polar surface area (TPSA) is 21.3 Å². The molecule has 0 saturated carbocycles. The van der Waals surface area contributed by atoms with Crippen molar-refractivity contribution in [1.82, 2.24) is 5.32 Å². The van der Waals surface area contributed by atoms with Crippen molar-refractivity contribution in [2.24, 2.45) is 0 Å². The van der Waals surface area contributed by atoms with Crippen LogP contribution in [0.5, 0.6) is 5.75 Å². The molecule has 1 aromatic carbocycles. The second-order valence-electron chi connectivity index (χ2n) is 3.56. The SMILES string of the molecule is C#CCOc1c(Br)cc(CNCCC)cc1Br. The summed E-state index contributed by atoms with van der Waals surface area (Å²) in [6.07, 6.45) is 6.30. The van der Waals surface area contributed by atoms with E-state index in [2.05, 4.69) is 50.0 Å². The molecule has 17 heavy (non-hydrogen) atoms. The molecule has 0 aliphatic rings. The Morgan fingerprint density at radius 1 is 1.35 bits per heavy atom. The molecule has 0 aliphatic heterocycles. The van der Waals surface area contributed by atoms with E-state index in [4.69, 9.17) is 11.2 Å². The summed E-state index contributed by atoms with van der Waals surface area (Å²) < 4.78 is 7.27. The molecular weight excluding hydrogens is 346 g/mol. The third kappa shape index (κ3) is 4.71. The van der Waals surface area contributed by atoms with Gasteiger partial charge in [0.1, 0.15) is 12.4 Å². The van der Waals surface area contributed by atoms with Gasteiger partial charge in [0.05, 0.1) is 8.95 Å². The maximum absolute atomic E-state index is 5.45. The lowest BCUT2D eigenvalue weighted by Crippen LogP contribution is -2.13. The first kappa shape index (κ1) is 14.6. The molecule has 1 rings (SSSR count). The lowest BCUT2D eigenvalue weighted by molar-refractivity contribution is 0.365. The summed E-state index contributed by atoms with van der Waals surface area (Å²) in [6.45, 7) is 4.28. The molecule has 0 saturated heterocycles. The fraction of sp³-hybridized carbons (Fsp3) is 0.385. The van der Waals surface area contributed by atoms with E-state index in [0.29, 0.717) is 0 Å². The second kappa shape index (κ2) is 7.75. The Morgan fingerprint density at radius 2 is 2.00 bits per heavy atom. The van der Waals surface area contributed by atoms with Crippen molar-refractivity contribution >= 4 is 31.9 Å². The Labute approximate surface area is 119 Å². The van der Waals surface area contributed by atoms with Crippen molar-refractivity contribution in [1.29, 1.82) is 0 Å². The number of benzene rings is 1. The van der Waals surface area contributed by atoms with Crippen LogP contribution >= 0.6 is 31.9 Å². The minimum absolute atomic E-state index is 0.268. The number of rotatable bonds is 6. The Hall–Kier alpha value is -0.500. The van der Waals surface area contributed by atoms with Gasteiger partial charge in [-0.2, -0.15) is 0 Å². The average Bonchev–Trinajstić information content (AvgIpc) is 2.28. The van der Waals surface area contributed by atoms with Gasteiger partial charge in [0.2, 0.25) is 0 Å². The maximum atomic E-state index is 5.45. The van der Waals surface area contributed by atoms with Gasteiger partial charge in [-0.3, -0.25) is 0 Å². The van der Waals surface area contributed by atoms with Gasteiger partial charge < -0.3 is 10.1 Å². The minimum Gasteiger partial charge on any atom is -0.479 e. The first-order chi connectivity index (χ1) is 8.19. The molecular formula is C13H15Br2NO. The lowest BCUT2D eigenvalue weighted by atomic mass is 10.2. The zero-order valence-electron chi connectivity index (χ0n) is 9.72. The predicted octanol–water partition coefficient (Wildman–Crippen LogP) is 3.72. The number of hydrogen-bond donors (Lipinski definition) is 1. The molecule has 2 nitrogen and oxygen atoms in total. The van der Waals surface area contributed by atoms with Crippen LogP contribution in [0.25, 0.3) is 0 Å². The van der Waals surface area contributed by atoms with Crippen molar-refractivity contribution in [3.63, 3.8) is 0 Å². The van der Waals surface area contributed by atoms with E-state index in [1.54, 1.807) is 0 Å². The smallest absolute Gasteiger partial charge is 0.149 e. The van der Waals surface area contributed by atoms with Crippen molar-refractivity contribution in [2.75, 3.05) is 13.2 Å². The lowest BCUT2D eigenvalue weighted by Gasteiger charge is -2.11. The summed E-state index contributed by atoms with van der Waals surface area (Å²) in [7, 11) is 0. The highest BCUT2D eigenvalue weighted by molar-refractivity contribution is 9.11. The Balaban J connectivity index is 2.75. The molecule has 0 bridgehead atoms. The van der Waals surface area contributed by atoms with Gasteiger partial charge in [-0.15, -0.1) is 6.42 Å². The van der Waals surface area contributed by atoms with Crippen LogP contribution in [0.1, 0.15) is 18.9 Å². The number of halogens is 2. The monoisotopic (exact) mass is 359 g/mol. The Morgan fingerprint density at radius 3 is 2.53 bits per heavy atom.